The average Bonchev–Trinajstić information content (AvgIpc) is 2.49. The molecule has 4 nitrogen and oxygen atoms in total. The maximum atomic E-state index is 11.9. The minimum Gasteiger partial charge on any atom is -0.356 e. The van der Waals surface area contributed by atoms with Gasteiger partial charge < -0.3 is 10.6 Å². The lowest BCUT2D eigenvalue weighted by Crippen LogP contribution is -2.36. The maximum Gasteiger partial charge on any atom is 0.220 e. The smallest absolute Gasteiger partial charge is 0.220 e. The van der Waals surface area contributed by atoms with Crippen LogP contribution in [0, 0.1) is 11.8 Å². The fraction of sp³-hybridized carbons (Fsp3) is 0.625. The van der Waals surface area contributed by atoms with Gasteiger partial charge >= 0.3 is 0 Å². The summed E-state index contributed by atoms with van der Waals surface area (Å²) in [6.45, 7) is 5.09. The zero-order chi connectivity index (χ0) is 14.2. The zero-order valence-corrected chi connectivity index (χ0v) is 12.3. The molecule has 1 amide bonds. The van der Waals surface area contributed by atoms with Crippen LogP contribution in [0.1, 0.15) is 31.7 Å². The van der Waals surface area contributed by atoms with E-state index < -0.39 is 0 Å². The summed E-state index contributed by atoms with van der Waals surface area (Å²) in [5, 5.41) is 6.44. The van der Waals surface area contributed by atoms with Crippen LogP contribution >= 0.6 is 0 Å². The average molecular weight is 275 g/mol. The SMILES string of the molecule is CC(CC(=O)NCCc1ccncc1)C1CCCNC1. The number of rotatable bonds is 6. The van der Waals surface area contributed by atoms with Crippen LogP contribution in [-0.2, 0) is 11.2 Å². The fourth-order valence-corrected chi connectivity index (χ4v) is 2.79. The Kier molecular flexibility index (Phi) is 5.99. The molecule has 2 atom stereocenters. The van der Waals surface area contributed by atoms with Crippen molar-refractivity contribution in [3.8, 4) is 0 Å². The minimum atomic E-state index is 0.178. The van der Waals surface area contributed by atoms with E-state index in [9.17, 15) is 4.79 Å². The number of hydrogen-bond acceptors (Lipinski definition) is 3. The topological polar surface area (TPSA) is 54.0 Å². The van der Waals surface area contributed by atoms with E-state index >= 15 is 0 Å². The van der Waals surface area contributed by atoms with Crippen LogP contribution in [0.5, 0.6) is 0 Å². The van der Waals surface area contributed by atoms with Crippen molar-refractivity contribution >= 4 is 5.91 Å². The van der Waals surface area contributed by atoms with Gasteiger partial charge in [-0.25, -0.2) is 0 Å². The molecule has 1 aromatic heterocycles. The Morgan fingerprint density at radius 2 is 2.30 bits per heavy atom. The number of aromatic nitrogens is 1. The summed E-state index contributed by atoms with van der Waals surface area (Å²) < 4.78 is 0. The van der Waals surface area contributed by atoms with E-state index in [0.717, 1.165) is 19.5 Å². The standard InChI is InChI=1S/C16H25N3O/c1-13(15-3-2-7-18-12-15)11-16(20)19-10-6-14-4-8-17-9-5-14/h4-5,8-9,13,15,18H,2-3,6-7,10-12H2,1H3,(H,19,20). The van der Waals surface area contributed by atoms with Gasteiger partial charge in [-0.15, -0.1) is 0 Å². The van der Waals surface area contributed by atoms with Crippen molar-refractivity contribution in [1.82, 2.24) is 15.6 Å². The monoisotopic (exact) mass is 275 g/mol. The van der Waals surface area contributed by atoms with Crippen LogP contribution < -0.4 is 10.6 Å². The molecule has 0 aliphatic carbocycles. The molecule has 0 spiro atoms. The summed E-state index contributed by atoms with van der Waals surface area (Å²) >= 11 is 0. The second-order valence-corrected chi connectivity index (χ2v) is 5.74. The van der Waals surface area contributed by atoms with Crippen LogP contribution in [0.3, 0.4) is 0 Å². The number of nitrogens with one attached hydrogen (secondary N) is 2. The van der Waals surface area contributed by atoms with Gasteiger partial charge in [0.1, 0.15) is 0 Å². The molecule has 1 aliphatic heterocycles. The number of amides is 1. The molecule has 1 saturated heterocycles. The molecule has 1 aliphatic rings. The van der Waals surface area contributed by atoms with Crippen molar-refractivity contribution < 1.29 is 4.79 Å². The van der Waals surface area contributed by atoms with Crippen LogP contribution in [-0.4, -0.2) is 30.5 Å². The van der Waals surface area contributed by atoms with Gasteiger partial charge in [0, 0.05) is 25.4 Å². The quantitative estimate of drug-likeness (QED) is 0.832. The van der Waals surface area contributed by atoms with Gasteiger partial charge in [-0.1, -0.05) is 6.92 Å². The molecule has 2 heterocycles. The first-order valence-corrected chi connectivity index (χ1v) is 7.62. The molecule has 1 fully saturated rings. The van der Waals surface area contributed by atoms with Crippen molar-refractivity contribution in [2.24, 2.45) is 11.8 Å². The van der Waals surface area contributed by atoms with Crippen molar-refractivity contribution in [2.45, 2.75) is 32.6 Å². The number of piperidine rings is 1. The number of pyridine rings is 1. The van der Waals surface area contributed by atoms with Gasteiger partial charge in [-0.05, 0) is 61.9 Å². The Hall–Kier alpha value is -1.42. The van der Waals surface area contributed by atoms with Gasteiger partial charge in [-0.3, -0.25) is 9.78 Å². The predicted octanol–water partition coefficient (Wildman–Crippen LogP) is 1.77. The highest BCUT2D eigenvalue weighted by Gasteiger charge is 2.21. The lowest BCUT2D eigenvalue weighted by atomic mass is 9.85. The van der Waals surface area contributed by atoms with Crippen molar-refractivity contribution in [1.29, 1.82) is 0 Å². The summed E-state index contributed by atoms with van der Waals surface area (Å²) in [4.78, 5) is 15.9. The van der Waals surface area contributed by atoms with E-state index in [2.05, 4.69) is 22.5 Å². The number of nitrogens with zero attached hydrogens (tertiary/aromatic N) is 1. The highest BCUT2D eigenvalue weighted by molar-refractivity contribution is 5.76. The second-order valence-electron chi connectivity index (χ2n) is 5.74. The van der Waals surface area contributed by atoms with Crippen LogP contribution in [0.4, 0.5) is 0 Å². The van der Waals surface area contributed by atoms with E-state index in [1.165, 1.54) is 18.4 Å². The first-order chi connectivity index (χ1) is 9.75. The maximum absolute atomic E-state index is 11.9. The van der Waals surface area contributed by atoms with Gasteiger partial charge in [0.15, 0.2) is 0 Å². The lowest BCUT2D eigenvalue weighted by molar-refractivity contribution is -0.122. The van der Waals surface area contributed by atoms with Crippen molar-refractivity contribution in [2.75, 3.05) is 19.6 Å². The molecule has 2 rings (SSSR count). The van der Waals surface area contributed by atoms with Crippen LogP contribution in [0.25, 0.3) is 0 Å². The number of hydrogen-bond donors (Lipinski definition) is 2. The van der Waals surface area contributed by atoms with E-state index in [4.69, 9.17) is 0 Å². The van der Waals surface area contributed by atoms with Gasteiger partial charge in [0.05, 0.1) is 0 Å². The third-order valence-electron chi connectivity index (χ3n) is 4.13. The summed E-state index contributed by atoms with van der Waals surface area (Å²) in [7, 11) is 0. The third-order valence-corrected chi connectivity index (χ3v) is 4.13. The molecule has 4 heteroatoms. The van der Waals surface area contributed by atoms with E-state index in [1.54, 1.807) is 12.4 Å². The summed E-state index contributed by atoms with van der Waals surface area (Å²) in [5.41, 5.74) is 1.21. The molecule has 20 heavy (non-hydrogen) atoms. The summed E-state index contributed by atoms with van der Waals surface area (Å²) in [6.07, 6.45) is 7.57. The Balaban J connectivity index is 1.64. The lowest BCUT2D eigenvalue weighted by Gasteiger charge is -2.28. The second kappa shape index (κ2) is 8.00. The highest BCUT2D eigenvalue weighted by atomic mass is 16.1. The van der Waals surface area contributed by atoms with E-state index in [1.807, 2.05) is 12.1 Å². The Morgan fingerprint density at radius 3 is 3.00 bits per heavy atom. The third kappa shape index (κ3) is 4.93. The largest absolute Gasteiger partial charge is 0.356 e. The minimum absolute atomic E-state index is 0.178. The molecule has 110 valence electrons. The molecule has 0 bridgehead atoms. The van der Waals surface area contributed by atoms with Crippen molar-refractivity contribution in [3.05, 3.63) is 30.1 Å². The Bertz CT molecular complexity index is 401. The first-order valence-electron chi connectivity index (χ1n) is 7.62. The van der Waals surface area contributed by atoms with Crippen molar-refractivity contribution in [3.63, 3.8) is 0 Å². The fourth-order valence-electron chi connectivity index (χ4n) is 2.79. The Labute approximate surface area is 121 Å². The molecule has 2 N–H and O–H groups in total. The normalized spacial score (nSPS) is 20.4. The van der Waals surface area contributed by atoms with E-state index in [0.29, 0.717) is 24.8 Å². The van der Waals surface area contributed by atoms with E-state index in [-0.39, 0.29) is 5.91 Å². The molecule has 0 radical (unpaired) electrons. The van der Waals surface area contributed by atoms with Gasteiger partial charge in [-0.2, -0.15) is 0 Å². The van der Waals surface area contributed by atoms with Gasteiger partial charge in [0.25, 0.3) is 0 Å². The van der Waals surface area contributed by atoms with Gasteiger partial charge in [0.2, 0.25) is 5.91 Å². The molecule has 1 aromatic rings. The highest BCUT2D eigenvalue weighted by Crippen LogP contribution is 2.22. The number of carbonyl (C=O) groups excluding carboxylic acids is 1. The predicted molar refractivity (Wildman–Crippen MR) is 80.3 cm³/mol. The summed E-state index contributed by atoms with van der Waals surface area (Å²) in [5.74, 6) is 1.29. The van der Waals surface area contributed by atoms with Crippen LogP contribution in [0.15, 0.2) is 24.5 Å². The molecule has 0 saturated carbocycles. The molecular formula is C16H25N3O. The molecule has 2 unspecified atom stereocenters. The number of carbonyl (C=O) groups is 1. The zero-order valence-electron chi connectivity index (χ0n) is 12.3. The molecule has 0 aromatic carbocycles. The Morgan fingerprint density at radius 1 is 1.50 bits per heavy atom. The first kappa shape index (κ1) is 15.0. The summed E-state index contributed by atoms with van der Waals surface area (Å²) in [6, 6.07) is 3.98. The molecular weight excluding hydrogens is 250 g/mol. The van der Waals surface area contributed by atoms with Crippen LogP contribution in [0.2, 0.25) is 0 Å².